The zero-order chi connectivity index (χ0) is 13.0. The number of likely N-dealkylation sites (tertiary alicyclic amines) is 1. The second kappa shape index (κ2) is 6.01. The van der Waals surface area contributed by atoms with Crippen LogP contribution in [0.4, 0.5) is 0 Å². The van der Waals surface area contributed by atoms with Crippen LogP contribution in [-0.4, -0.2) is 35.1 Å². The second-order valence-electron chi connectivity index (χ2n) is 5.03. The van der Waals surface area contributed by atoms with Gasteiger partial charge in [-0.2, -0.15) is 0 Å². The first-order valence-corrected chi connectivity index (χ1v) is 6.71. The Morgan fingerprint density at radius 2 is 2.06 bits per heavy atom. The highest BCUT2D eigenvalue weighted by Crippen LogP contribution is 2.21. The fourth-order valence-electron chi connectivity index (χ4n) is 2.58. The molecule has 0 aliphatic carbocycles. The molecule has 0 saturated carbocycles. The minimum atomic E-state index is 0.105. The molecular formula is C15H21NO2. The summed E-state index contributed by atoms with van der Waals surface area (Å²) in [5, 5.41) is 9.09. The molecule has 1 N–H and O–H groups in total. The molecule has 1 atom stereocenters. The van der Waals surface area contributed by atoms with Crippen molar-refractivity contribution in [3.63, 3.8) is 0 Å². The summed E-state index contributed by atoms with van der Waals surface area (Å²) < 4.78 is 0. The number of aliphatic hydroxyl groups excluding tert-OH is 1. The number of benzene rings is 1. The average molecular weight is 247 g/mol. The maximum atomic E-state index is 12.4. The highest BCUT2D eigenvalue weighted by Gasteiger charge is 2.26. The monoisotopic (exact) mass is 247 g/mol. The molecule has 2 rings (SSSR count). The highest BCUT2D eigenvalue weighted by molar-refractivity contribution is 5.94. The number of amides is 1. The number of carbonyl (C=O) groups excluding carboxylic acids is 1. The molecule has 1 amide bonds. The molecule has 0 aromatic heterocycles. The van der Waals surface area contributed by atoms with Crippen LogP contribution in [-0.2, 0) is 0 Å². The Kier molecular flexibility index (Phi) is 4.37. The Morgan fingerprint density at radius 1 is 1.33 bits per heavy atom. The zero-order valence-corrected chi connectivity index (χ0v) is 10.9. The van der Waals surface area contributed by atoms with Crippen LogP contribution >= 0.6 is 0 Å². The molecule has 1 aromatic rings. The van der Waals surface area contributed by atoms with Gasteiger partial charge in [0.05, 0.1) is 0 Å². The van der Waals surface area contributed by atoms with E-state index in [9.17, 15) is 4.79 Å². The maximum absolute atomic E-state index is 12.4. The fraction of sp³-hybridized carbons (Fsp3) is 0.533. The second-order valence-corrected chi connectivity index (χ2v) is 5.03. The Labute approximate surface area is 108 Å². The van der Waals surface area contributed by atoms with Gasteiger partial charge in [0.1, 0.15) is 0 Å². The third-order valence-corrected chi connectivity index (χ3v) is 3.65. The van der Waals surface area contributed by atoms with E-state index in [0.717, 1.165) is 36.9 Å². The highest BCUT2D eigenvalue weighted by atomic mass is 16.3. The van der Waals surface area contributed by atoms with Crippen LogP contribution in [0.25, 0.3) is 0 Å². The fourth-order valence-corrected chi connectivity index (χ4v) is 2.58. The molecule has 1 aliphatic rings. The molecule has 0 unspecified atom stereocenters. The maximum Gasteiger partial charge on any atom is 0.254 e. The van der Waals surface area contributed by atoms with Crippen LogP contribution in [0.5, 0.6) is 0 Å². The molecule has 3 nitrogen and oxygen atoms in total. The van der Waals surface area contributed by atoms with Crippen molar-refractivity contribution in [2.24, 2.45) is 0 Å². The Balaban J connectivity index is 2.12. The zero-order valence-electron chi connectivity index (χ0n) is 10.9. The molecule has 18 heavy (non-hydrogen) atoms. The molecule has 1 aromatic carbocycles. The van der Waals surface area contributed by atoms with Gasteiger partial charge < -0.3 is 10.0 Å². The third kappa shape index (κ3) is 2.91. The van der Waals surface area contributed by atoms with Crippen LogP contribution < -0.4 is 0 Å². The van der Waals surface area contributed by atoms with Crippen molar-refractivity contribution in [1.29, 1.82) is 0 Å². The lowest BCUT2D eigenvalue weighted by atomic mass is 9.98. The number of hydrogen-bond donors (Lipinski definition) is 1. The predicted octanol–water partition coefficient (Wildman–Crippen LogP) is 2.37. The van der Waals surface area contributed by atoms with E-state index in [4.69, 9.17) is 5.11 Å². The number of rotatable bonds is 3. The molecule has 0 spiro atoms. The lowest BCUT2D eigenvalue weighted by Crippen LogP contribution is -2.44. The van der Waals surface area contributed by atoms with Gasteiger partial charge in [0.15, 0.2) is 0 Å². The molecule has 0 radical (unpaired) electrons. The number of aliphatic hydroxyl groups is 1. The summed E-state index contributed by atoms with van der Waals surface area (Å²) in [5.74, 6) is 0.105. The van der Waals surface area contributed by atoms with Gasteiger partial charge in [0.25, 0.3) is 5.91 Å². The van der Waals surface area contributed by atoms with Crippen LogP contribution in [0, 0.1) is 6.92 Å². The molecule has 0 bridgehead atoms. The van der Waals surface area contributed by atoms with Crippen molar-refractivity contribution in [3.05, 3.63) is 35.4 Å². The molecule has 1 aliphatic heterocycles. The summed E-state index contributed by atoms with van der Waals surface area (Å²) in [6, 6.07) is 7.93. The Hall–Kier alpha value is -1.35. The van der Waals surface area contributed by atoms with Gasteiger partial charge in [-0.05, 0) is 44.7 Å². The number of aryl methyl sites for hydroxylation is 1. The third-order valence-electron chi connectivity index (χ3n) is 3.65. The summed E-state index contributed by atoms with van der Waals surface area (Å²) in [4.78, 5) is 14.4. The lowest BCUT2D eigenvalue weighted by molar-refractivity contribution is 0.0574. The normalized spacial score (nSPS) is 19.9. The minimum absolute atomic E-state index is 0.105. The topological polar surface area (TPSA) is 40.5 Å². The van der Waals surface area contributed by atoms with Gasteiger partial charge in [-0.15, -0.1) is 0 Å². The van der Waals surface area contributed by atoms with Gasteiger partial charge in [-0.1, -0.05) is 17.7 Å². The van der Waals surface area contributed by atoms with Crippen LogP contribution in [0.1, 0.15) is 41.6 Å². The summed E-state index contributed by atoms with van der Waals surface area (Å²) in [5.41, 5.74) is 1.92. The quantitative estimate of drug-likeness (QED) is 0.891. The minimum Gasteiger partial charge on any atom is -0.396 e. The first kappa shape index (κ1) is 13.1. The van der Waals surface area contributed by atoms with Gasteiger partial charge in [0, 0.05) is 24.8 Å². The molecule has 1 heterocycles. The van der Waals surface area contributed by atoms with Crippen molar-refractivity contribution in [2.45, 2.75) is 38.6 Å². The van der Waals surface area contributed by atoms with Crippen LogP contribution in [0.2, 0.25) is 0 Å². The molecule has 3 heteroatoms. The van der Waals surface area contributed by atoms with Crippen molar-refractivity contribution in [1.82, 2.24) is 4.90 Å². The first-order chi connectivity index (χ1) is 8.72. The van der Waals surface area contributed by atoms with E-state index in [1.54, 1.807) is 0 Å². The molecule has 98 valence electrons. The number of piperidine rings is 1. The predicted molar refractivity (Wildman–Crippen MR) is 71.6 cm³/mol. The number of carbonyl (C=O) groups is 1. The Bertz CT molecular complexity index is 397. The van der Waals surface area contributed by atoms with E-state index in [1.165, 1.54) is 0 Å². The number of nitrogens with zero attached hydrogens (tertiary/aromatic N) is 1. The van der Waals surface area contributed by atoms with E-state index < -0.39 is 0 Å². The van der Waals surface area contributed by atoms with E-state index in [-0.39, 0.29) is 18.6 Å². The van der Waals surface area contributed by atoms with Gasteiger partial charge in [-0.25, -0.2) is 0 Å². The largest absolute Gasteiger partial charge is 0.396 e. The Morgan fingerprint density at radius 3 is 2.72 bits per heavy atom. The molecular weight excluding hydrogens is 226 g/mol. The first-order valence-electron chi connectivity index (χ1n) is 6.71. The molecule has 1 fully saturated rings. The summed E-state index contributed by atoms with van der Waals surface area (Å²) >= 11 is 0. The standard InChI is InChI=1S/C15H21NO2/c1-12-5-7-13(8-6-12)15(18)16-10-3-2-4-14(16)9-11-17/h5-8,14,17H,2-4,9-11H2,1H3/t14-/m1/s1. The SMILES string of the molecule is Cc1ccc(C(=O)N2CCCC[C@@H]2CCO)cc1. The van der Waals surface area contributed by atoms with Crippen molar-refractivity contribution in [2.75, 3.05) is 13.2 Å². The van der Waals surface area contributed by atoms with Crippen LogP contribution in [0.15, 0.2) is 24.3 Å². The smallest absolute Gasteiger partial charge is 0.254 e. The lowest BCUT2D eigenvalue weighted by Gasteiger charge is -2.35. The van der Waals surface area contributed by atoms with Crippen molar-refractivity contribution in [3.8, 4) is 0 Å². The summed E-state index contributed by atoms with van der Waals surface area (Å²) in [6.07, 6.45) is 3.93. The van der Waals surface area contributed by atoms with E-state index in [1.807, 2.05) is 36.1 Å². The van der Waals surface area contributed by atoms with Crippen molar-refractivity contribution >= 4 is 5.91 Å². The molecule has 1 saturated heterocycles. The van der Waals surface area contributed by atoms with E-state index >= 15 is 0 Å². The summed E-state index contributed by atoms with van der Waals surface area (Å²) in [6.45, 7) is 2.99. The van der Waals surface area contributed by atoms with Gasteiger partial charge in [-0.3, -0.25) is 4.79 Å². The van der Waals surface area contributed by atoms with Gasteiger partial charge >= 0.3 is 0 Å². The van der Waals surface area contributed by atoms with Crippen LogP contribution in [0.3, 0.4) is 0 Å². The van der Waals surface area contributed by atoms with Crippen molar-refractivity contribution < 1.29 is 9.90 Å². The van der Waals surface area contributed by atoms with E-state index in [0.29, 0.717) is 6.42 Å². The number of hydrogen-bond acceptors (Lipinski definition) is 2. The van der Waals surface area contributed by atoms with E-state index in [2.05, 4.69) is 0 Å². The average Bonchev–Trinajstić information content (AvgIpc) is 2.40. The van der Waals surface area contributed by atoms with Gasteiger partial charge in [0.2, 0.25) is 0 Å². The summed E-state index contributed by atoms with van der Waals surface area (Å²) in [7, 11) is 0.